The minimum atomic E-state index is 0.186. The van der Waals surface area contributed by atoms with Crippen LogP contribution >= 0.6 is 0 Å². The third-order valence-electron chi connectivity index (χ3n) is 3.38. The second-order valence-electron chi connectivity index (χ2n) is 4.05. The first kappa shape index (κ1) is 8.26. The number of benzene rings is 1. The molecule has 0 spiro atoms. The van der Waals surface area contributed by atoms with E-state index in [9.17, 15) is 0 Å². The number of nitrogens with zero attached hydrogens (tertiary/aromatic N) is 2. The fourth-order valence-corrected chi connectivity index (χ4v) is 2.78. The van der Waals surface area contributed by atoms with E-state index in [4.69, 9.17) is 10.5 Å². The van der Waals surface area contributed by atoms with Crippen molar-refractivity contribution in [2.45, 2.75) is 18.3 Å². The van der Waals surface area contributed by atoms with Crippen LogP contribution in [0.3, 0.4) is 0 Å². The molecule has 15 heavy (non-hydrogen) atoms. The number of allylic oxidation sites excluding steroid dienone is 2. The summed E-state index contributed by atoms with van der Waals surface area (Å²) in [7, 11) is 0. The Bertz CT molecular complexity index is 555. The van der Waals surface area contributed by atoms with Crippen molar-refractivity contribution in [2.24, 2.45) is 0 Å². The van der Waals surface area contributed by atoms with Gasteiger partial charge in [0, 0.05) is 17.4 Å². The van der Waals surface area contributed by atoms with E-state index >= 15 is 0 Å². The lowest BCUT2D eigenvalue weighted by Gasteiger charge is -2.13. The molecular weight excluding hydrogens is 184 g/mol. The third-order valence-corrected chi connectivity index (χ3v) is 3.38. The Morgan fingerprint density at radius 3 is 2.80 bits per heavy atom. The molecule has 70 valence electrons. The Morgan fingerprint density at radius 1 is 1.20 bits per heavy atom. The molecule has 0 saturated heterocycles. The van der Waals surface area contributed by atoms with Crippen molar-refractivity contribution < 1.29 is 0 Å². The van der Waals surface area contributed by atoms with Gasteiger partial charge in [-0.25, -0.2) is 0 Å². The summed E-state index contributed by atoms with van der Waals surface area (Å²) in [6, 6.07) is 10.3. The van der Waals surface area contributed by atoms with Crippen molar-refractivity contribution >= 4 is 0 Å². The first-order valence-electron chi connectivity index (χ1n) is 5.00. The standard InChI is InChI=1S/C13H8N2/c14-6-8-2-1-3-11-9-4-10(7-15)12(5-9)13(8)11/h1-4,9,12H,5H2/t9-,12-/m0/s1. The van der Waals surface area contributed by atoms with Gasteiger partial charge in [0.1, 0.15) is 0 Å². The van der Waals surface area contributed by atoms with Crippen LogP contribution < -0.4 is 0 Å². The largest absolute Gasteiger partial charge is 0.193 e. The Hall–Kier alpha value is -2.06. The van der Waals surface area contributed by atoms with Gasteiger partial charge in [-0.15, -0.1) is 0 Å². The van der Waals surface area contributed by atoms with Crippen LogP contribution in [0.2, 0.25) is 0 Å². The maximum absolute atomic E-state index is 9.04. The van der Waals surface area contributed by atoms with Crippen molar-refractivity contribution in [3.05, 3.63) is 46.5 Å². The average molecular weight is 192 g/mol. The molecule has 0 fully saturated rings. The van der Waals surface area contributed by atoms with E-state index in [1.54, 1.807) is 0 Å². The minimum Gasteiger partial charge on any atom is -0.193 e. The van der Waals surface area contributed by atoms with Gasteiger partial charge in [-0.05, 0) is 23.6 Å². The second-order valence-corrected chi connectivity index (χ2v) is 4.05. The van der Waals surface area contributed by atoms with E-state index in [1.165, 1.54) is 5.56 Å². The Kier molecular flexibility index (Phi) is 1.50. The molecular formula is C13H8N2. The van der Waals surface area contributed by atoms with Gasteiger partial charge in [-0.3, -0.25) is 0 Å². The van der Waals surface area contributed by atoms with Gasteiger partial charge in [0.25, 0.3) is 0 Å². The smallest absolute Gasteiger partial charge is 0.0994 e. The molecule has 3 rings (SSSR count). The summed E-state index contributed by atoms with van der Waals surface area (Å²) >= 11 is 0. The molecule has 0 N–H and O–H groups in total. The first-order valence-corrected chi connectivity index (χ1v) is 5.00. The molecule has 2 aliphatic rings. The van der Waals surface area contributed by atoms with Crippen LogP contribution in [0.4, 0.5) is 0 Å². The maximum Gasteiger partial charge on any atom is 0.0994 e. The summed E-state index contributed by atoms with van der Waals surface area (Å²) in [4.78, 5) is 0. The molecule has 2 aliphatic carbocycles. The van der Waals surface area contributed by atoms with Crippen LogP contribution in [0.25, 0.3) is 0 Å². The van der Waals surface area contributed by atoms with Gasteiger partial charge in [0.05, 0.1) is 17.7 Å². The molecule has 2 heteroatoms. The summed E-state index contributed by atoms with van der Waals surface area (Å²) in [6.07, 6.45) is 3.03. The molecule has 0 unspecified atom stereocenters. The highest BCUT2D eigenvalue weighted by atomic mass is 14.4. The highest BCUT2D eigenvalue weighted by Crippen LogP contribution is 2.52. The molecule has 1 aromatic carbocycles. The predicted molar refractivity (Wildman–Crippen MR) is 55.0 cm³/mol. The van der Waals surface area contributed by atoms with Crippen LogP contribution in [-0.4, -0.2) is 0 Å². The Balaban J connectivity index is 2.25. The van der Waals surface area contributed by atoms with Crippen LogP contribution in [0.1, 0.15) is 34.9 Å². The zero-order chi connectivity index (χ0) is 10.4. The van der Waals surface area contributed by atoms with Gasteiger partial charge in [-0.1, -0.05) is 18.2 Å². The number of fused-ring (bicyclic) bond motifs is 5. The van der Waals surface area contributed by atoms with Crippen LogP contribution in [0, 0.1) is 22.7 Å². The lowest BCUT2D eigenvalue weighted by Crippen LogP contribution is -2.00. The van der Waals surface area contributed by atoms with Gasteiger partial charge < -0.3 is 0 Å². The van der Waals surface area contributed by atoms with Crippen molar-refractivity contribution in [1.82, 2.24) is 0 Å². The molecule has 2 atom stereocenters. The van der Waals surface area contributed by atoms with Gasteiger partial charge >= 0.3 is 0 Å². The van der Waals surface area contributed by atoms with Crippen LogP contribution in [-0.2, 0) is 0 Å². The number of hydrogen-bond acceptors (Lipinski definition) is 2. The Morgan fingerprint density at radius 2 is 2.07 bits per heavy atom. The molecule has 0 radical (unpaired) electrons. The molecule has 0 aliphatic heterocycles. The van der Waals surface area contributed by atoms with E-state index < -0.39 is 0 Å². The average Bonchev–Trinajstić information content (AvgIpc) is 2.86. The summed E-state index contributed by atoms with van der Waals surface area (Å²) in [5.74, 6) is 0.554. The highest BCUT2D eigenvalue weighted by molar-refractivity contribution is 5.60. The molecule has 0 amide bonds. The molecule has 0 aromatic heterocycles. The SMILES string of the molecule is N#CC1=C[C@H]2C[C@@H]1c1c(C#N)cccc12. The van der Waals surface area contributed by atoms with Gasteiger partial charge in [0.15, 0.2) is 0 Å². The van der Waals surface area contributed by atoms with Crippen molar-refractivity contribution in [2.75, 3.05) is 0 Å². The molecule has 0 heterocycles. The topological polar surface area (TPSA) is 47.6 Å². The van der Waals surface area contributed by atoms with Crippen LogP contribution in [0.15, 0.2) is 29.8 Å². The molecule has 1 aromatic rings. The van der Waals surface area contributed by atoms with Gasteiger partial charge in [0.2, 0.25) is 0 Å². The van der Waals surface area contributed by atoms with E-state index in [-0.39, 0.29) is 5.92 Å². The zero-order valence-corrected chi connectivity index (χ0v) is 8.07. The van der Waals surface area contributed by atoms with Crippen molar-refractivity contribution in [3.63, 3.8) is 0 Å². The predicted octanol–water partition coefficient (Wildman–Crippen LogP) is 2.59. The molecule has 0 saturated carbocycles. The highest BCUT2D eigenvalue weighted by Gasteiger charge is 2.39. The summed E-state index contributed by atoms with van der Waals surface area (Å²) in [5.41, 5.74) is 3.93. The number of nitriles is 2. The van der Waals surface area contributed by atoms with Crippen LogP contribution in [0.5, 0.6) is 0 Å². The number of hydrogen-bond donors (Lipinski definition) is 0. The quantitative estimate of drug-likeness (QED) is 0.634. The Labute approximate surface area is 88.1 Å². The molecule has 2 bridgehead atoms. The van der Waals surface area contributed by atoms with E-state index in [0.717, 1.165) is 23.1 Å². The lowest BCUT2D eigenvalue weighted by molar-refractivity contribution is 0.793. The fourth-order valence-electron chi connectivity index (χ4n) is 2.78. The summed E-state index contributed by atoms with van der Waals surface area (Å²) in [5, 5.41) is 18.0. The van der Waals surface area contributed by atoms with E-state index in [1.807, 2.05) is 18.2 Å². The van der Waals surface area contributed by atoms with Crippen molar-refractivity contribution in [1.29, 1.82) is 10.5 Å². The summed E-state index contributed by atoms with van der Waals surface area (Å²) < 4.78 is 0. The van der Waals surface area contributed by atoms with Crippen molar-refractivity contribution in [3.8, 4) is 12.1 Å². The van der Waals surface area contributed by atoms with Gasteiger partial charge in [-0.2, -0.15) is 10.5 Å². The molecule has 2 nitrogen and oxygen atoms in total. The third kappa shape index (κ3) is 0.913. The first-order chi connectivity index (χ1) is 7.35. The monoisotopic (exact) mass is 192 g/mol. The minimum absolute atomic E-state index is 0.186. The maximum atomic E-state index is 9.04. The lowest BCUT2D eigenvalue weighted by atomic mass is 9.88. The number of rotatable bonds is 0. The normalized spacial score (nSPS) is 25.3. The van der Waals surface area contributed by atoms with E-state index in [0.29, 0.717) is 5.92 Å². The summed E-state index contributed by atoms with van der Waals surface area (Å²) in [6.45, 7) is 0. The fraction of sp³-hybridized carbons (Fsp3) is 0.231. The second kappa shape index (κ2) is 2.72. The van der Waals surface area contributed by atoms with E-state index in [2.05, 4.69) is 18.2 Å². The zero-order valence-electron chi connectivity index (χ0n) is 8.07.